The Bertz CT molecular complexity index is 606. The van der Waals surface area contributed by atoms with Gasteiger partial charge >= 0.3 is 0 Å². The maximum absolute atomic E-state index is 14.1. The highest BCUT2D eigenvalue weighted by molar-refractivity contribution is 6.41. The number of nitrogens with one attached hydrogen (secondary N) is 1. The van der Waals surface area contributed by atoms with Gasteiger partial charge in [0, 0.05) is 22.7 Å². The van der Waals surface area contributed by atoms with Crippen molar-refractivity contribution in [1.29, 1.82) is 0 Å². The van der Waals surface area contributed by atoms with Crippen LogP contribution < -0.4 is 5.32 Å². The van der Waals surface area contributed by atoms with Crippen molar-refractivity contribution in [1.82, 2.24) is 5.32 Å². The minimum absolute atomic E-state index is 0.335. The van der Waals surface area contributed by atoms with Crippen LogP contribution in [0.4, 0.5) is 4.39 Å². The van der Waals surface area contributed by atoms with Crippen molar-refractivity contribution in [2.24, 2.45) is 0 Å². The maximum atomic E-state index is 14.1. The van der Waals surface area contributed by atoms with Crippen LogP contribution in [0.2, 0.25) is 15.1 Å². The molecular formula is C15H13Cl3FN. The molecule has 1 nitrogen and oxygen atoms in total. The van der Waals surface area contributed by atoms with Crippen molar-refractivity contribution in [3.63, 3.8) is 0 Å². The first kappa shape index (κ1) is 15.6. The van der Waals surface area contributed by atoms with E-state index in [1.165, 1.54) is 6.07 Å². The third kappa shape index (κ3) is 3.44. The lowest BCUT2D eigenvalue weighted by Gasteiger charge is -2.11. The lowest BCUT2D eigenvalue weighted by Crippen LogP contribution is -2.11. The molecule has 0 aromatic heterocycles. The molecule has 1 N–H and O–H groups in total. The summed E-state index contributed by atoms with van der Waals surface area (Å²) in [4.78, 5) is 0. The molecule has 2 aromatic carbocycles. The van der Waals surface area contributed by atoms with Gasteiger partial charge in [0.15, 0.2) is 0 Å². The topological polar surface area (TPSA) is 12.0 Å². The van der Waals surface area contributed by atoms with E-state index >= 15 is 0 Å². The average molecular weight is 333 g/mol. The van der Waals surface area contributed by atoms with Gasteiger partial charge < -0.3 is 5.32 Å². The van der Waals surface area contributed by atoms with Crippen molar-refractivity contribution >= 4 is 34.8 Å². The fourth-order valence-corrected chi connectivity index (χ4v) is 2.96. The van der Waals surface area contributed by atoms with Gasteiger partial charge in [0.05, 0.1) is 10.0 Å². The normalized spacial score (nSPS) is 10.8. The van der Waals surface area contributed by atoms with E-state index in [0.717, 1.165) is 12.1 Å². The molecule has 0 heterocycles. The van der Waals surface area contributed by atoms with Gasteiger partial charge in [-0.3, -0.25) is 0 Å². The summed E-state index contributed by atoms with van der Waals surface area (Å²) >= 11 is 18.2. The summed E-state index contributed by atoms with van der Waals surface area (Å²) < 4.78 is 14.1. The first-order chi connectivity index (χ1) is 9.52. The lowest BCUT2D eigenvalue weighted by molar-refractivity contribution is 0.629. The molecule has 20 heavy (non-hydrogen) atoms. The van der Waals surface area contributed by atoms with E-state index in [0.29, 0.717) is 32.7 Å². The zero-order chi connectivity index (χ0) is 14.7. The summed E-state index contributed by atoms with van der Waals surface area (Å²) in [5.41, 5.74) is 1.81. The van der Waals surface area contributed by atoms with Crippen molar-refractivity contribution in [3.05, 3.63) is 56.8 Å². The Morgan fingerprint density at radius 3 is 2.30 bits per heavy atom. The molecule has 0 atom stereocenters. The highest BCUT2D eigenvalue weighted by Gasteiger charge is 2.14. The molecule has 0 aliphatic carbocycles. The first-order valence-electron chi connectivity index (χ1n) is 6.17. The molecule has 0 aliphatic heterocycles. The SMILES string of the molecule is CCNCc1ccc(F)c(-c2c(Cl)cc(Cl)cc2Cl)c1. The fraction of sp³-hybridized carbons (Fsp3) is 0.200. The van der Waals surface area contributed by atoms with Crippen molar-refractivity contribution in [3.8, 4) is 11.1 Å². The van der Waals surface area contributed by atoms with Crippen LogP contribution in [0.25, 0.3) is 11.1 Å². The Labute approximate surface area is 132 Å². The van der Waals surface area contributed by atoms with Gasteiger partial charge in [-0.15, -0.1) is 0 Å². The third-order valence-corrected chi connectivity index (χ3v) is 3.70. The summed E-state index contributed by atoms with van der Waals surface area (Å²) in [6.07, 6.45) is 0. The van der Waals surface area contributed by atoms with Crippen LogP contribution in [0, 0.1) is 5.82 Å². The predicted octanol–water partition coefficient (Wildman–Crippen LogP) is 5.56. The van der Waals surface area contributed by atoms with Crippen LogP contribution in [0.1, 0.15) is 12.5 Å². The minimum atomic E-state index is -0.364. The summed E-state index contributed by atoms with van der Waals surface area (Å²) in [6.45, 7) is 3.51. The second kappa shape index (κ2) is 6.77. The molecule has 0 radical (unpaired) electrons. The van der Waals surface area contributed by atoms with Crippen LogP contribution in [0.3, 0.4) is 0 Å². The van der Waals surface area contributed by atoms with Crippen molar-refractivity contribution < 1.29 is 4.39 Å². The van der Waals surface area contributed by atoms with Gasteiger partial charge in [-0.2, -0.15) is 0 Å². The highest BCUT2D eigenvalue weighted by atomic mass is 35.5. The molecule has 106 valence electrons. The van der Waals surface area contributed by atoms with E-state index in [-0.39, 0.29) is 5.82 Å². The van der Waals surface area contributed by atoms with Crippen LogP contribution in [-0.2, 0) is 6.54 Å². The van der Waals surface area contributed by atoms with Crippen LogP contribution >= 0.6 is 34.8 Å². The van der Waals surface area contributed by atoms with Crippen molar-refractivity contribution in [2.45, 2.75) is 13.5 Å². The molecule has 0 saturated carbocycles. The van der Waals surface area contributed by atoms with Crippen LogP contribution in [0.15, 0.2) is 30.3 Å². The predicted molar refractivity (Wildman–Crippen MR) is 84.2 cm³/mol. The number of halogens is 4. The molecule has 0 aliphatic rings. The third-order valence-electron chi connectivity index (χ3n) is 2.89. The van der Waals surface area contributed by atoms with Gasteiger partial charge in [0.1, 0.15) is 5.82 Å². The van der Waals surface area contributed by atoms with Crippen LogP contribution in [0.5, 0.6) is 0 Å². The zero-order valence-corrected chi connectivity index (χ0v) is 13.1. The molecule has 0 fully saturated rings. The second-order valence-corrected chi connectivity index (χ2v) is 5.59. The highest BCUT2D eigenvalue weighted by Crippen LogP contribution is 2.38. The van der Waals surface area contributed by atoms with Gasteiger partial charge in [-0.25, -0.2) is 4.39 Å². The van der Waals surface area contributed by atoms with Crippen LogP contribution in [-0.4, -0.2) is 6.54 Å². The van der Waals surface area contributed by atoms with Gasteiger partial charge in [0.2, 0.25) is 0 Å². The first-order valence-corrected chi connectivity index (χ1v) is 7.30. The van der Waals surface area contributed by atoms with E-state index < -0.39 is 0 Å². The Kier molecular flexibility index (Phi) is 5.28. The molecule has 0 unspecified atom stereocenters. The van der Waals surface area contributed by atoms with E-state index in [1.807, 2.05) is 6.92 Å². The van der Waals surface area contributed by atoms with Gasteiger partial charge in [-0.05, 0) is 36.4 Å². The van der Waals surface area contributed by atoms with E-state index in [2.05, 4.69) is 5.32 Å². The summed E-state index contributed by atoms with van der Waals surface area (Å²) in [5, 5.41) is 4.29. The molecule has 0 spiro atoms. The molecule has 0 amide bonds. The van der Waals surface area contributed by atoms with Gasteiger partial charge in [-0.1, -0.05) is 47.8 Å². The number of benzene rings is 2. The maximum Gasteiger partial charge on any atom is 0.131 e. The molecular weight excluding hydrogens is 320 g/mol. The standard InChI is InChI=1S/C15H13Cl3FN/c1-2-20-8-9-3-4-14(19)11(5-9)15-12(17)6-10(16)7-13(15)18/h3-7,20H,2,8H2,1H3. The lowest BCUT2D eigenvalue weighted by atomic mass is 10.0. The molecule has 5 heteroatoms. The number of hydrogen-bond acceptors (Lipinski definition) is 1. The largest absolute Gasteiger partial charge is 0.313 e. The monoisotopic (exact) mass is 331 g/mol. The average Bonchev–Trinajstić information content (AvgIpc) is 2.38. The Morgan fingerprint density at radius 2 is 1.70 bits per heavy atom. The summed E-state index contributed by atoms with van der Waals surface area (Å²) in [6, 6.07) is 8.02. The van der Waals surface area contributed by atoms with E-state index in [1.54, 1.807) is 24.3 Å². The quantitative estimate of drug-likeness (QED) is 0.772. The Morgan fingerprint density at radius 1 is 1.05 bits per heavy atom. The van der Waals surface area contributed by atoms with Gasteiger partial charge in [0.25, 0.3) is 0 Å². The van der Waals surface area contributed by atoms with E-state index in [4.69, 9.17) is 34.8 Å². The molecule has 0 saturated heterocycles. The second-order valence-electron chi connectivity index (χ2n) is 4.34. The van der Waals surface area contributed by atoms with E-state index in [9.17, 15) is 4.39 Å². The molecule has 2 rings (SSSR count). The minimum Gasteiger partial charge on any atom is -0.313 e. The van der Waals surface area contributed by atoms with Crippen molar-refractivity contribution in [2.75, 3.05) is 6.54 Å². The smallest absolute Gasteiger partial charge is 0.131 e. The molecule has 2 aromatic rings. The Hall–Kier alpha value is -0.800. The fourth-order valence-electron chi connectivity index (χ4n) is 1.94. The number of hydrogen-bond donors (Lipinski definition) is 1. The summed E-state index contributed by atoms with van der Waals surface area (Å²) in [5.74, 6) is -0.364. The zero-order valence-electron chi connectivity index (χ0n) is 10.8. The Balaban J connectivity index is 2.51. The number of rotatable bonds is 4. The summed E-state index contributed by atoms with van der Waals surface area (Å²) in [7, 11) is 0. The molecule has 0 bridgehead atoms.